The van der Waals surface area contributed by atoms with Crippen molar-refractivity contribution in [2.24, 2.45) is 0 Å². The number of hydrogen-bond acceptors (Lipinski definition) is 3. The average Bonchev–Trinajstić information content (AvgIpc) is 2.84. The highest BCUT2D eigenvalue weighted by atomic mass is 35.5. The fourth-order valence-corrected chi connectivity index (χ4v) is 4.33. The third-order valence-electron chi connectivity index (χ3n) is 5.55. The number of rotatable bonds is 8. The number of ether oxygens (including phenoxy) is 1. The van der Waals surface area contributed by atoms with Crippen molar-refractivity contribution in [3.05, 3.63) is 106 Å². The van der Waals surface area contributed by atoms with Crippen LogP contribution in [0.5, 0.6) is 5.75 Å². The van der Waals surface area contributed by atoms with Gasteiger partial charge in [0.2, 0.25) is 0 Å². The number of carbonyl (C=O) groups excluding carboxylic acids is 1. The highest BCUT2D eigenvalue weighted by Crippen LogP contribution is 2.35. The molecule has 0 unspecified atom stereocenters. The predicted molar refractivity (Wildman–Crippen MR) is 144 cm³/mol. The summed E-state index contributed by atoms with van der Waals surface area (Å²) in [5.41, 5.74) is 5.59. The monoisotopic (exact) mass is 519 g/mol. The molecule has 36 heavy (non-hydrogen) atoms. The van der Waals surface area contributed by atoms with Crippen LogP contribution in [0.4, 0.5) is 5.69 Å². The molecule has 0 spiro atoms. The summed E-state index contributed by atoms with van der Waals surface area (Å²) in [4.78, 5) is 23.5. The third kappa shape index (κ3) is 6.25. The molecule has 0 aromatic heterocycles. The van der Waals surface area contributed by atoms with Gasteiger partial charge in [-0.15, -0.1) is 0 Å². The second kappa shape index (κ2) is 11.3. The maximum absolute atomic E-state index is 12.6. The van der Waals surface area contributed by atoms with Gasteiger partial charge in [0.05, 0.1) is 17.1 Å². The Morgan fingerprint density at radius 3 is 2.25 bits per heavy atom. The van der Waals surface area contributed by atoms with Crippen LogP contribution in [0.15, 0.2) is 84.9 Å². The van der Waals surface area contributed by atoms with E-state index in [9.17, 15) is 9.59 Å². The number of para-hydroxylation sites is 1. The summed E-state index contributed by atoms with van der Waals surface area (Å²) in [5, 5.41) is 12.7. The SMILES string of the molecule is Cc1ccc(-c2ccccc2OCC(=O)Nc2ccc(-c3ccc(CC(=O)O)cc3)cc2Cl)c(Cl)c1. The van der Waals surface area contributed by atoms with Crippen LogP contribution in [0.2, 0.25) is 10.0 Å². The van der Waals surface area contributed by atoms with Gasteiger partial charge in [0.25, 0.3) is 5.91 Å². The van der Waals surface area contributed by atoms with Gasteiger partial charge in [0.1, 0.15) is 5.75 Å². The Morgan fingerprint density at radius 1 is 0.833 bits per heavy atom. The molecule has 0 aliphatic rings. The summed E-state index contributed by atoms with van der Waals surface area (Å²) in [6.45, 7) is 1.77. The first-order chi connectivity index (χ1) is 17.3. The number of hydrogen-bond donors (Lipinski definition) is 2. The maximum atomic E-state index is 12.6. The van der Waals surface area contributed by atoms with Gasteiger partial charge in [-0.05, 0) is 53.4 Å². The smallest absolute Gasteiger partial charge is 0.307 e. The van der Waals surface area contributed by atoms with Gasteiger partial charge >= 0.3 is 5.97 Å². The molecule has 4 aromatic carbocycles. The molecule has 7 heteroatoms. The molecular formula is C29H23Cl2NO4. The number of nitrogens with one attached hydrogen (secondary N) is 1. The molecule has 0 atom stereocenters. The number of aryl methyl sites for hydroxylation is 1. The number of benzene rings is 4. The number of carbonyl (C=O) groups is 2. The molecule has 182 valence electrons. The van der Waals surface area contributed by atoms with Crippen molar-refractivity contribution < 1.29 is 19.4 Å². The maximum Gasteiger partial charge on any atom is 0.307 e. The molecule has 0 bridgehead atoms. The van der Waals surface area contributed by atoms with E-state index in [1.807, 2.05) is 61.5 Å². The predicted octanol–water partition coefficient (Wildman–Crippen LogP) is 7.28. The molecule has 0 saturated carbocycles. The van der Waals surface area contributed by atoms with Gasteiger partial charge in [-0.25, -0.2) is 0 Å². The molecule has 0 heterocycles. The zero-order valence-electron chi connectivity index (χ0n) is 19.4. The van der Waals surface area contributed by atoms with Gasteiger partial charge < -0.3 is 15.2 Å². The molecule has 4 rings (SSSR count). The molecule has 0 radical (unpaired) electrons. The van der Waals surface area contributed by atoms with E-state index in [0.29, 0.717) is 27.0 Å². The van der Waals surface area contributed by atoms with Crippen LogP contribution in [0.3, 0.4) is 0 Å². The zero-order valence-corrected chi connectivity index (χ0v) is 20.9. The molecule has 1 amide bonds. The van der Waals surface area contributed by atoms with Crippen molar-refractivity contribution in [2.75, 3.05) is 11.9 Å². The summed E-state index contributed by atoms with van der Waals surface area (Å²) in [7, 11) is 0. The molecule has 0 saturated heterocycles. The lowest BCUT2D eigenvalue weighted by Gasteiger charge is -2.14. The van der Waals surface area contributed by atoms with Gasteiger partial charge in [-0.3, -0.25) is 9.59 Å². The molecular weight excluding hydrogens is 497 g/mol. The normalized spacial score (nSPS) is 10.6. The summed E-state index contributed by atoms with van der Waals surface area (Å²) in [6, 6.07) is 25.7. The summed E-state index contributed by atoms with van der Waals surface area (Å²) < 4.78 is 5.83. The largest absolute Gasteiger partial charge is 0.483 e. The van der Waals surface area contributed by atoms with Crippen molar-refractivity contribution >= 4 is 40.8 Å². The molecule has 0 fully saturated rings. The number of carboxylic acid groups (broad SMARTS) is 1. The number of amides is 1. The van der Waals surface area contributed by atoms with Crippen LogP contribution in [0.1, 0.15) is 11.1 Å². The molecule has 2 N–H and O–H groups in total. The van der Waals surface area contributed by atoms with E-state index in [1.165, 1.54) is 0 Å². The lowest BCUT2D eigenvalue weighted by molar-refractivity contribution is -0.136. The Labute approximate surface area is 219 Å². The van der Waals surface area contributed by atoms with E-state index in [2.05, 4.69) is 5.32 Å². The Hall–Kier alpha value is -3.80. The van der Waals surface area contributed by atoms with E-state index in [1.54, 1.807) is 30.3 Å². The average molecular weight is 520 g/mol. The van der Waals surface area contributed by atoms with E-state index in [0.717, 1.165) is 27.8 Å². The third-order valence-corrected chi connectivity index (χ3v) is 6.17. The Balaban J connectivity index is 1.42. The first-order valence-electron chi connectivity index (χ1n) is 11.2. The highest BCUT2D eigenvalue weighted by Gasteiger charge is 2.13. The lowest BCUT2D eigenvalue weighted by Crippen LogP contribution is -2.20. The number of carboxylic acids is 1. The Kier molecular flexibility index (Phi) is 7.93. The standard InChI is InChI=1S/C29H23Cl2NO4/c1-18-6-12-22(24(30)14-18)23-4-2-3-5-27(23)36-17-28(33)32-26-13-11-21(16-25(26)31)20-9-7-19(8-10-20)15-29(34)35/h2-14,16H,15,17H2,1H3,(H,32,33)(H,34,35). The second-order valence-corrected chi connectivity index (χ2v) is 9.09. The summed E-state index contributed by atoms with van der Waals surface area (Å²) >= 11 is 12.9. The fraction of sp³-hybridized carbons (Fsp3) is 0.103. The Bertz CT molecular complexity index is 1420. The van der Waals surface area contributed by atoms with E-state index >= 15 is 0 Å². The number of halogens is 2. The second-order valence-electron chi connectivity index (χ2n) is 8.28. The molecule has 5 nitrogen and oxygen atoms in total. The highest BCUT2D eigenvalue weighted by molar-refractivity contribution is 6.34. The van der Waals surface area contributed by atoms with Crippen molar-refractivity contribution in [1.82, 2.24) is 0 Å². The van der Waals surface area contributed by atoms with Gasteiger partial charge in [-0.1, -0.05) is 83.9 Å². The Morgan fingerprint density at radius 2 is 1.56 bits per heavy atom. The van der Waals surface area contributed by atoms with Crippen molar-refractivity contribution in [3.63, 3.8) is 0 Å². The lowest BCUT2D eigenvalue weighted by atomic mass is 10.0. The minimum atomic E-state index is -0.877. The van der Waals surface area contributed by atoms with Crippen LogP contribution in [-0.2, 0) is 16.0 Å². The zero-order chi connectivity index (χ0) is 25.7. The van der Waals surface area contributed by atoms with Gasteiger partial charge in [0, 0.05) is 16.1 Å². The van der Waals surface area contributed by atoms with Crippen LogP contribution in [0, 0.1) is 6.92 Å². The van der Waals surface area contributed by atoms with Crippen molar-refractivity contribution in [3.8, 4) is 28.0 Å². The minimum absolute atomic E-state index is 0.0311. The minimum Gasteiger partial charge on any atom is -0.483 e. The van der Waals surface area contributed by atoms with E-state index in [4.69, 9.17) is 33.0 Å². The quantitative estimate of drug-likeness (QED) is 0.256. The fourth-order valence-electron chi connectivity index (χ4n) is 3.77. The summed E-state index contributed by atoms with van der Waals surface area (Å²) in [5.74, 6) is -0.684. The van der Waals surface area contributed by atoms with Crippen molar-refractivity contribution in [2.45, 2.75) is 13.3 Å². The van der Waals surface area contributed by atoms with Crippen LogP contribution < -0.4 is 10.1 Å². The number of anilines is 1. The van der Waals surface area contributed by atoms with Crippen molar-refractivity contribution in [1.29, 1.82) is 0 Å². The van der Waals surface area contributed by atoms with Crippen LogP contribution >= 0.6 is 23.2 Å². The number of aliphatic carboxylic acids is 1. The van der Waals surface area contributed by atoms with E-state index in [-0.39, 0.29) is 18.9 Å². The molecule has 4 aromatic rings. The van der Waals surface area contributed by atoms with E-state index < -0.39 is 5.97 Å². The van der Waals surface area contributed by atoms with Crippen LogP contribution in [0.25, 0.3) is 22.3 Å². The topological polar surface area (TPSA) is 75.6 Å². The first kappa shape index (κ1) is 25.3. The van der Waals surface area contributed by atoms with Gasteiger partial charge in [0.15, 0.2) is 6.61 Å². The first-order valence-corrected chi connectivity index (χ1v) is 11.9. The molecule has 0 aliphatic heterocycles. The van der Waals surface area contributed by atoms with Crippen LogP contribution in [-0.4, -0.2) is 23.6 Å². The van der Waals surface area contributed by atoms with Gasteiger partial charge in [-0.2, -0.15) is 0 Å². The summed E-state index contributed by atoms with van der Waals surface area (Å²) in [6.07, 6.45) is -0.0311. The molecule has 0 aliphatic carbocycles.